The third-order valence-electron chi connectivity index (χ3n) is 12.1. The van der Waals surface area contributed by atoms with Gasteiger partial charge >= 0.3 is 0 Å². The number of benzene rings is 8. The van der Waals surface area contributed by atoms with Crippen molar-refractivity contribution in [3.8, 4) is 73.9 Å². The van der Waals surface area contributed by atoms with Crippen LogP contribution in [-0.2, 0) is 0 Å². The molecule has 8 aromatic carbocycles. The number of pyridine rings is 1. The molecule has 4 heterocycles. The summed E-state index contributed by atoms with van der Waals surface area (Å²) in [5, 5.41) is 15.4. The second-order valence-electron chi connectivity index (χ2n) is 15.8. The van der Waals surface area contributed by atoms with E-state index in [-0.39, 0.29) is 0 Å². The van der Waals surface area contributed by atoms with Gasteiger partial charge in [0.15, 0.2) is 17.5 Å². The molecular weight excluding hydrogens is 783 g/mol. The van der Waals surface area contributed by atoms with Crippen molar-refractivity contribution < 1.29 is 0 Å². The van der Waals surface area contributed by atoms with Crippen LogP contribution in [0.4, 0.5) is 0 Å². The Bertz CT molecular complexity index is 3680. The monoisotopic (exact) mass is 817 g/mol. The maximum atomic E-state index is 11.0. The molecule has 0 saturated carbocycles. The molecule has 0 bridgehead atoms. The van der Waals surface area contributed by atoms with Crippen LogP contribution in [0.5, 0.6) is 0 Å². The van der Waals surface area contributed by atoms with Gasteiger partial charge in [0, 0.05) is 61.8 Å². The zero-order valence-corrected chi connectivity index (χ0v) is 34.3. The van der Waals surface area contributed by atoms with Crippen LogP contribution in [0, 0.1) is 11.3 Å². The Morgan fingerprint density at radius 1 is 0.375 bits per heavy atom. The second kappa shape index (κ2) is 15.2. The summed E-state index contributed by atoms with van der Waals surface area (Å²) in [6, 6.07) is 71.1. The first kappa shape index (κ1) is 36.8. The standard InChI is InChI=1S/C57H35N7/c58-35-37-32-46(48-36-59-31-30-53(48)63-49-25-13-10-22-42(49)43-23-11-14-26-50(43)63)54(64-51-27-15-12-24-44(51)45-34-41(28-29-52(45)64)38-16-4-1-5-17-38)47(33-37)57-61-55(39-18-6-2-7-19-39)60-56(62-57)40-20-8-3-9-21-40/h1-34,36H. The highest BCUT2D eigenvalue weighted by Gasteiger charge is 2.26. The van der Waals surface area contributed by atoms with Crippen LogP contribution in [0.25, 0.3) is 111 Å². The number of hydrogen-bond donors (Lipinski definition) is 0. The van der Waals surface area contributed by atoms with Gasteiger partial charge < -0.3 is 9.13 Å². The third-order valence-corrected chi connectivity index (χ3v) is 12.1. The largest absolute Gasteiger partial charge is 0.309 e. The van der Waals surface area contributed by atoms with Gasteiger partial charge in [0.2, 0.25) is 0 Å². The van der Waals surface area contributed by atoms with E-state index < -0.39 is 0 Å². The van der Waals surface area contributed by atoms with Gasteiger partial charge in [-0.3, -0.25) is 4.98 Å². The Hall–Kier alpha value is -8.99. The minimum Gasteiger partial charge on any atom is -0.309 e. The molecule has 12 rings (SSSR count). The first-order valence-corrected chi connectivity index (χ1v) is 21.2. The molecule has 0 radical (unpaired) electrons. The van der Waals surface area contributed by atoms with Crippen molar-refractivity contribution in [2.75, 3.05) is 0 Å². The van der Waals surface area contributed by atoms with Gasteiger partial charge in [0.25, 0.3) is 0 Å². The normalized spacial score (nSPS) is 11.4. The van der Waals surface area contributed by atoms with Gasteiger partial charge in [-0.2, -0.15) is 5.26 Å². The fourth-order valence-corrected chi connectivity index (χ4v) is 9.24. The van der Waals surface area contributed by atoms with Crippen molar-refractivity contribution in [3.05, 3.63) is 218 Å². The highest BCUT2D eigenvalue weighted by molar-refractivity contribution is 6.13. The van der Waals surface area contributed by atoms with Crippen molar-refractivity contribution in [2.24, 2.45) is 0 Å². The summed E-state index contributed by atoms with van der Waals surface area (Å²) in [6.45, 7) is 0. The predicted molar refractivity (Wildman–Crippen MR) is 258 cm³/mol. The van der Waals surface area contributed by atoms with E-state index in [2.05, 4.69) is 137 Å². The molecule has 0 spiro atoms. The highest BCUT2D eigenvalue weighted by atomic mass is 15.1. The Morgan fingerprint density at radius 2 is 0.859 bits per heavy atom. The minimum absolute atomic E-state index is 0.440. The van der Waals surface area contributed by atoms with Gasteiger partial charge in [0.05, 0.1) is 45.1 Å². The predicted octanol–water partition coefficient (Wildman–Crippen LogP) is 13.7. The summed E-state index contributed by atoms with van der Waals surface area (Å²) < 4.78 is 4.63. The number of hydrogen-bond acceptors (Lipinski definition) is 5. The van der Waals surface area contributed by atoms with Crippen LogP contribution in [-0.4, -0.2) is 29.1 Å². The van der Waals surface area contributed by atoms with Gasteiger partial charge in [-0.15, -0.1) is 0 Å². The summed E-state index contributed by atoms with van der Waals surface area (Å²) in [6.07, 6.45) is 3.76. The van der Waals surface area contributed by atoms with E-state index >= 15 is 0 Å². The number of aromatic nitrogens is 6. The lowest BCUT2D eigenvalue weighted by Gasteiger charge is -2.21. The lowest BCUT2D eigenvalue weighted by Crippen LogP contribution is -2.07. The summed E-state index contributed by atoms with van der Waals surface area (Å²) >= 11 is 0. The zero-order chi connectivity index (χ0) is 42.6. The summed E-state index contributed by atoms with van der Waals surface area (Å²) in [5.41, 5.74) is 12.6. The Labute approximate surface area is 368 Å². The number of nitriles is 1. The molecule has 0 aliphatic carbocycles. The number of nitrogens with zero attached hydrogens (tertiary/aromatic N) is 7. The molecule has 0 amide bonds. The Kier molecular flexibility index (Phi) is 8.73. The van der Waals surface area contributed by atoms with Crippen LogP contribution in [0.3, 0.4) is 0 Å². The quantitative estimate of drug-likeness (QED) is 0.160. The molecule has 0 aliphatic rings. The van der Waals surface area contributed by atoms with Gasteiger partial charge in [-0.1, -0.05) is 152 Å². The third kappa shape index (κ3) is 6.05. The molecular formula is C57H35N7. The maximum Gasteiger partial charge on any atom is 0.166 e. The first-order chi connectivity index (χ1) is 31.7. The second-order valence-corrected chi connectivity index (χ2v) is 15.8. The number of fused-ring (bicyclic) bond motifs is 6. The van der Waals surface area contributed by atoms with Gasteiger partial charge in [-0.25, -0.2) is 15.0 Å². The molecule has 0 unspecified atom stereocenters. The smallest absolute Gasteiger partial charge is 0.166 e. The Morgan fingerprint density at radius 3 is 1.45 bits per heavy atom. The van der Waals surface area contributed by atoms with Crippen LogP contribution >= 0.6 is 0 Å². The van der Waals surface area contributed by atoms with E-state index in [9.17, 15) is 5.26 Å². The molecule has 0 aliphatic heterocycles. The average Bonchev–Trinajstić information content (AvgIpc) is 3.89. The molecule has 7 heteroatoms. The van der Waals surface area contributed by atoms with Crippen LogP contribution in [0.2, 0.25) is 0 Å². The summed E-state index contributed by atoms with van der Waals surface area (Å²) in [4.78, 5) is 20.4. The minimum atomic E-state index is 0.440. The number of rotatable bonds is 7. The van der Waals surface area contributed by atoms with Crippen LogP contribution in [0.1, 0.15) is 5.56 Å². The molecule has 64 heavy (non-hydrogen) atoms. The molecule has 12 aromatic rings. The van der Waals surface area contributed by atoms with E-state index in [1.165, 1.54) is 0 Å². The molecule has 0 saturated heterocycles. The van der Waals surface area contributed by atoms with Crippen molar-refractivity contribution >= 4 is 43.6 Å². The SMILES string of the molecule is N#Cc1cc(-c2nc(-c3ccccc3)nc(-c3ccccc3)n2)c(-n2c3ccccc3c3cc(-c4ccccc4)ccc32)c(-c2cnccc2-n2c3ccccc3c3ccccc32)c1. The maximum absolute atomic E-state index is 11.0. The number of para-hydroxylation sites is 3. The molecule has 7 nitrogen and oxygen atoms in total. The topological polar surface area (TPSA) is 85.2 Å². The fraction of sp³-hybridized carbons (Fsp3) is 0. The van der Waals surface area contributed by atoms with Crippen molar-refractivity contribution in [1.82, 2.24) is 29.1 Å². The van der Waals surface area contributed by atoms with E-state index in [1.54, 1.807) is 0 Å². The molecule has 0 fully saturated rings. The Balaban J connectivity index is 1.23. The first-order valence-electron chi connectivity index (χ1n) is 21.2. The highest BCUT2D eigenvalue weighted by Crippen LogP contribution is 2.45. The molecule has 0 N–H and O–H groups in total. The van der Waals surface area contributed by atoms with Crippen molar-refractivity contribution in [2.45, 2.75) is 0 Å². The summed E-state index contributed by atoms with van der Waals surface area (Å²) in [5.74, 6) is 1.50. The lowest BCUT2D eigenvalue weighted by atomic mass is 9.95. The van der Waals surface area contributed by atoms with E-state index in [4.69, 9.17) is 19.9 Å². The molecule has 4 aromatic heterocycles. The zero-order valence-electron chi connectivity index (χ0n) is 34.3. The fourth-order valence-electron chi connectivity index (χ4n) is 9.24. The molecule has 0 atom stereocenters. The van der Waals surface area contributed by atoms with Crippen molar-refractivity contribution in [1.29, 1.82) is 5.26 Å². The lowest BCUT2D eigenvalue weighted by molar-refractivity contribution is 1.06. The van der Waals surface area contributed by atoms with Gasteiger partial charge in [-0.05, 0) is 59.7 Å². The van der Waals surface area contributed by atoms with E-state index in [0.717, 1.165) is 88.4 Å². The molecule has 298 valence electrons. The van der Waals surface area contributed by atoms with E-state index in [1.807, 2.05) is 91.3 Å². The summed E-state index contributed by atoms with van der Waals surface area (Å²) in [7, 11) is 0. The average molecular weight is 818 g/mol. The van der Waals surface area contributed by atoms with Gasteiger partial charge in [0.1, 0.15) is 0 Å². The van der Waals surface area contributed by atoms with E-state index in [0.29, 0.717) is 28.6 Å². The van der Waals surface area contributed by atoms with Crippen LogP contribution in [0.15, 0.2) is 213 Å². The van der Waals surface area contributed by atoms with Crippen LogP contribution < -0.4 is 0 Å². The van der Waals surface area contributed by atoms with Crippen molar-refractivity contribution in [3.63, 3.8) is 0 Å².